The summed E-state index contributed by atoms with van der Waals surface area (Å²) >= 11 is 0.985. The van der Waals surface area contributed by atoms with Crippen LogP contribution in [0.3, 0.4) is 0 Å². The van der Waals surface area contributed by atoms with Crippen molar-refractivity contribution in [1.29, 1.82) is 0 Å². The van der Waals surface area contributed by atoms with Crippen molar-refractivity contribution in [3.8, 4) is 5.75 Å². The lowest BCUT2D eigenvalue weighted by Crippen LogP contribution is -2.45. The van der Waals surface area contributed by atoms with Gasteiger partial charge in [0, 0.05) is 13.1 Å². The van der Waals surface area contributed by atoms with Gasteiger partial charge in [-0.25, -0.2) is 0 Å². The van der Waals surface area contributed by atoms with Crippen LogP contribution in [-0.2, 0) is 9.53 Å². The number of morpholine rings is 1. The number of rotatable bonds is 4. The molecule has 2 aliphatic rings. The summed E-state index contributed by atoms with van der Waals surface area (Å²) in [5.41, 5.74) is 0.864. The van der Waals surface area contributed by atoms with Crippen LogP contribution in [0, 0.1) is 0 Å². The minimum absolute atomic E-state index is 0.221. The predicted molar refractivity (Wildman–Crippen MR) is 88.1 cm³/mol. The third-order valence-corrected chi connectivity index (χ3v) is 4.64. The van der Waals surface area contributed by atoms with Gasteiger partial charge >= 0.3 is 0 Å². The van der Waals surface area contributed by atoms with Crippen LogP contribution in [0.25, 0.3) is 6.08 Å². The van der Waals surface area contributed by atoms with E-state index in [9.17, 15) is 9.59 Å². The number of benzene rings is 1. The minimum Gasteiger partial charge on any atom is -0.497 e. The Bertz CT molecular complexity index is 623. The third-order valence-electron chi connectivity index (χ3n) is 3.73. The monoisotopic (exact) mass is 334 g/mol. The Morgan fingerprint density at radius 1 is 1.22 bits per heavy atom. The zero-order valence-electron chi connectivity index (χ0n) is 12.9. The van der Waals surface area contributed by atoms with E-state index in [1.54, 1.807) is 13.2 Å². The van der Waals surface area contributed by atoms with Crippen molar-refractivity contribution < 1.29 is 19.1 Å². The highest BCUT2D eigenvalue weighted by Gasteiger charge is 2.36. The van der Waals surface area contributed by atoms with Gasteiger partial charge in [-0.15, -0.1) is 0 Å². The van der Waals surface area contributed by atoms with E-state index in [4.69, 9.17) is 9.47 Å². The average Bonchev–Trinajstić information content (AvgIpc) is 2.84. The summed E-state index contributed by atoms with van der Waals surface area (Å²) in [6, 6.07) is 7.36. The fourth-order valence-corrected chi connectivity index (χ4v) is 3.25. The average molecular weight is 334 g/mol. The van der Waals surface area contributed by atoms with Gasteiger partial charge in [-0.05, 0) is 35.5 Å². The number of thioether (sulfide) groups is 1. The van der Waals surface area contributed by atoms with Crippen LogP contribution in [0.4, 0.5) is 4.79 Å². The molecule has 2 fully saturated rings. The molecule has 7 heteroatoms. The van der Waals surface area contributed by atoms with Crippen LogP contribution < -0.4 is 4.74 Å². The van der Waals surface area contributed by atoms with Crippen molar-refractivity contribution in [3.05, 3.63) is 34.7 Å². The van der Waals surface area contributed by atoms with Gasteiger partial charge in [0.15, 0.2) is 0 Å². The lowest BCUT2D eigenvalue weighted by Gasteiger charge is -2.29. The van der Waals surface area contributed by atoms with Gasteiger partial charge < -0.3 is 9.47 Å². The van der Waals surface area contributed by atoms with Gasteiger partial charge in [0.1, 0.15) is 5.75 Å². The predicted octanol–water partition coefficient (Wildman–Crippen LogP) is 2.02. The highest BCUT2D eigenvalue weighted by atomic mass is 32.2. The Balaban J connectivity index is 1.70. The molecule has 2 saturated heterocycles. The summed E-state index contributed by atoms with van der Waals surface area (Å²) in [6.45, 7) is 3.07. The molecule has 0 unspecified atom stereocenters. The third kappa shape index (κ3) is 3.74. The van der Waals surface area contributed by atoms with Crippen molar-refractivity contribution in [1.82, 2.24) is 9.80 Å². The van der Waals surface area contributed by atoms with Crippen LogP contribution >= 0.6 is 11.8 Å². The number of carbonyl (C=O) groups is 2. The summed E-state index contributed by atoms with van der Waals surface area (Å²) in [7, 11) is 1.60. The highest BCUT2D eigenvalue weighted by Crippen LogP contribution is 2.32. The standard InChI is InChI=1S/C16H18N2O4S/c1-21-13-4-2-12(3-5-13)10-14-15(19)18(16(20)23-14)11-17-6-8-22-9-7-17/h2-5,10H,6-9,11H2,1H3/b14-10-. The summed E-state index contributed by atoms with van der Waals surface area (Å²) < 4.78 is 10.4. The maximum Gasteiger partial charge on any atom is 0.294 e. The fourth-order valence-electron chi connectivity index (χ4n) is 2.42. The van der Waals surface area contributed by atoms with E-state index in [-0.39, 0.29) is 11.1 Å². The van der Waals surface area contributed by atoms with Crippen LogP contribution in [-0.4, -0.2) is 61.0 Å². The minimum atomic E-state index is -0.234. The number of hydrogen-bond donors (Lipinski definition) is 0. The maximum absolute atomic E-state index is 12.5. The summed E-state index contributed by atoms with van der Waals surface area (Å²) in [6.07, 6.45) is 1.74. The molecule has 1 aromatic carbocycles. The summed E-state index contributed by atoms with van der Waals surface area (Å²) in [5, 5.41) is -0.221. The van der Waals surface area contributed by atoms with Crippen LogP contribution in [0.2, 0.25) is 0 Å². The molecule has 0 aliphatic carbocycles. The van der Waals surface area contributed by atoms with E-state index < -0.39 is 0 Å². The maximum atomic E-state index is 12.5. The zero-order chi connectivity index (χ0) is 16.2. The van der Waals surface area contributed by atoms with E-state index in [2.05, 4.69) is 4.90 Å². The second-order valence-electron chi connectivity index (χ2n) is 5.25. The van der Waals surface area contributed by atoms with Gasteiger partial charge in [0.05, 0.1) is 31.9 Å². The van der Waals surface area contributed by atoms with Gasteiger partial charge in [-0.3, -0.25) is 19.4 Å². The number of ether oxygens (including phenoxy) is 2. The van der Waals surface area contributed by atoms with Crippen molar-refractivity contribution in [2.45, 2.75) is 0 Å². The number of nitrogens with zero attached hydrogens (tertiary/aromatic N) is 2. The Kier molecular flexibility index (Phi) is 5.00. The molecule has 0 atom stereocenters. The Labute approximate surface area is 139 Å². The molecule has 2 heterocycles. The Morgan fingerprint density at radius 3 is 2.57 bits per heavy atom. The van der Waals surface area contributed by atoms with E-state index in [0.717, 1.165) is 36.2 Å². The van der Waals surface area contributed by atoms with Crippen molar-refractivity contribution in [2.75, 3.05) is 40.1 Å². The first-order valence-corrected chi connectivity index (χ1v) is 8.18. The van der Waals surface area contributed by atoms with Gasteiger partial charge in [0.2, 0.25) is 0 Å². The number of carbonyl (C=O) groups excluding carboxylic acids is 2. The Morgan fingerprint density at radius 2 is 1.91 bits per heavy atom. The van der Waals surface area contributed by atoms with E-state index in [0.29, 0.717) is 24.8 Å². The first-order valence-electron chi connectivity index (χ1n) is 7.37. The lowest BCUT2D eigenvalue weighted by molar-refractivity contribution is -0.125. The molecule has 3 rings (SSSR count). The first kappa shape index (κ1) is 16.0. The molecule has 0 bridgehead atoms. The summed E-state index contributed by atoms with van der Waals surface area (Å²) in [5.74, 6) is 0.518. The molecule has 0 N–H and O–H groups in total. The molecule has 2 aliphatic heterocycles. The van der Waals surface area contributed by atoms with E-state index >= 15 is 0 Å². The quantitative estimate of drug-likeness (QED) is 0.785. The number of methoxy groups -OCH3 is 1. The molecule has 0 radical (unpaired) electrons. The second kappa shape index (κ2) is 7.16. The van der Waals surface area contributed by atoms with Crippen LogP contribution in [0.1, 0.15) is 5.56 Å². The molecule has 0 aromatic heterocycles. The number of imide groups is 1. The van der Waals surface area contributed by atoms with Gasteiger partial charge in [-0.1, -0.05) is 12.1 Å². The first-order chi connectivity index (χ1) is 11.2. The van der Waals surface area contributed by atoms with E-state index in [1.807, 2.05) is 24.3 Å². The fraction of sp³-hybridized carbons (Fsp3) is 0.375. The SMILES string of the molecule is COc1ccc(/C=C2\SC(=O)N(CN3CCOCC3)C2=O)cc1. The number of hydrogen-bond acceptors (Lipinski definition) is 6. The van der Waals surface area contributed by atoms with Crippen molar-refractivity contribution in [2.24, 2.45) is 0 Å². The molecule has 2 amide bonds. The Hall–Kier alpha value is -1.83. The van der Waals surface area contributed by atoms with Crippen molar-refractivity contribution >= 4 is 29.0 Å². The van der Waals surface area contributed by atoms with Crippen LogP contribution in [0.5, 0.6) is 5.75 Å². The second-order valence-corrected chi connectivity index (χ2v) is 6.25. The molecule has 122 valence electrons. The number of amides is 2. The van der Waals surface area contributed by atoms with Crippen molar-refractivity contribution in [3.63, 3.8) is 0 Å². The molecule has 0 spiro atoms. The molecule has 0 saturated carbocycles. The lowest BCUT2D eigenvalue weighted by atomic mass is 10.2. The van der Waals surface area contributed by atoms with Crippen LogP contribution in [0.15, 0.2) is 29.2 Å². The molecule has 1 aromatic rings. The molecular formula is C16H18N2O4S. The topological polar surface area (TPSA) is 59.1 Å². The molecule has 23 heavy (non-hydrogen) atoms. The normalized spacial score (nSPS) is 21.3. The van der Waals surface area contributed by atoms with Gasteiger partial charge in [-0.2, -0.15) is 0 Å². The molecular weight excluding hydrogens is 316 g/mol. The highest BCUT2D eigenvalue weighted by molar-refractivity contribution is 8.18. The molecule has 6 nitrogen and oxygen atoms in total. The van der Waals surface area contributed by atoms with Gasteiger partial charge in [0.25, 0.3) is 11.1 Å². The smallest absolute Gasteiger partial charge is 0.294 e. The largest absolute Gasteiger partial charge is 0.497 e. The van der Waals surface area contributed by atoms with E-state index in [1.165, 1.54) is 4.90 Å². The summed E-state index contributed by atoms with van der Waals surface area (Å²) in [4.78, 5) is 28.4. The zero-order valence-corrected chi connectivity index (χ0v) is 13.7.